The van der Waals surface area contributed by atoms with E-state index in [0.29, 0.717) is 0 Å². The highest BCUT2D eigenvalue weighted by molar-refractivity contribution is 5.37. The van der Waals surface area contributed by atoms with Crippen LogP contribution in [0.5, 0.6) is 0 Å². The average molecular weight is 195 g/mol. The van der Waals surface area contributed by atoms with E-state index in [1.54, 1.807) is 0 Å². The van der Waals surface area contributed by atoms with Crippen molar-refractivity contribution in [1.29, 1.82) is 0 Å². The summed E-state index contributed by atoms with van der Waals surface area (Å²) in [6.07, 6.45) is 2.18. The predicted molar refractivity (Wildman–Crippen MR) is 59.7 cm³/mol. The number of hydrogen-bond acceptors (Lipinski definition) is 1. The van der Waals surface area contributed by atoms with Gasteiger partial charge in [0.05, 0.1) is 6.61 Å². The highest BCUT2D eigenvalue weighted by atomic mass is 16.3. The van der Waals surface area contributed by atoms with Crippen molar-refractivity contribution in [3.8, 4) is 0 Å². The van der Waals surface area contributed by atoms with Crippen LogP contribution in [0, 0.1) is 13.8 Å². The van der Waals surface area contributed by atoms with Crippen LogP contribution < -0.4 is 0 Å². The molecule has 2 heteroatoms. The first-order chi connectivity index (χ1) is 6.67. The Hall–Kier alpha value is -0.760. The van der Waals surface area contributed by atoms with Gasteiger partial charge in [-0.25, -0.2) is 0 Å². The molecule has 0 aliphatic heterocycles. The molecule has 0 radical (unpaired) electrons. The lowest BCUT2D eigenvalue weighted by Gasteiger charge is -2.06. The lowest BCUT2D eigenvalue weighted by Crippen LogP contribution is -2.06. The summed E-state index contributed by atoms with van der Waals surface area (Å²) >= 11 is 0. The minimum Gasteiger partial charge on any atom is -0.395 e. The minimum absolute atomic E-state index is 0.225. The topological polar surface area (TPSA) is 25.2 Å². The van der Waals surface area contributed by atoms with Crippen molar-refractivity contribution in [2.24, 2.45) is 0 Å². The van der Waals surface area contributed by atoms with Gasteiger partial charge in [-0.05, 0) is 37.8 Å². The molecule has 1 rings (SSSR count). The molecule has 0 aliphatic carbocycles. The van der Waals surface area contributed by atoms with Gasteiger partial charge in [0, 0.05) is 17.9 Å². The zero-order valence-corrected chi connectivity index (χ0v) is 9.72. The molecule has 0 aromatic carbocycles. The molecule has 0 aliphatic rings. The lowest BCUT2D eigenvalue weighted by atomic mass is 10.0. The smallest absolute Gasteiger partial charge is 0.0610 e. The van der Waals surface area contributed by atoms with E-state index in [1.807, 2.05) is 0 Å². The summed E-state index contributed by atoms with van der Waals surface area (Å²) in [5.74, 6) is 0. The SMILES string of the molecule is CCc1c(CC)c(C)n(CCO)c1C. The Bertz CT molecular complexity index is 285. The first-order valence-corrected chi connectivity index (χ1v) is 5.45. The van der Waals surface area contributed by atoms with Gasteiger partial charge in [-0.15, -0.1) is 0 Å². The van der Waals surface area contributed by atoms with Gasteiger partial charge in [0.25, 0.3) is 0 Å². The van der Waals surface area contributed by atoms with Gasteiger partial charge in [0.2, 0.25) is 0 Å². The molecule has 0 spiro atoms. The molecule has 0 atom stereocenters. The summed E-state index contributed by atoms with van der Waals surface area (Å²) in [5, 5.41) is 8.99. The molecule has 80 valence electrons. The second-order valence-corrected chi connectivity index (χ2v) is 3.71. The van der Waals surface area contributed by atoms with Gasteiger partial charge in [-0.2, -0.15) is 0 Å². The first kappa shape index (κ1) is 11.3. The number of rotatable bonds is 4. The molecule has 0 saturated heterocycles. The van der Waals surface area contributed by atoms with Gasteiger partial charge in [0.1, 0.15) is 0 Å². The molecule has 1 N–H and O–H groups in total. The zero-order chi connectivity index (χ0) is 10.7. The van der Waals surface area contributed by atoms with Crippen molar-refractivity contribution in [3.05, 3.63) is 22.5 Å². The average Bonchev–Trinajstić information content (AvgIpc) is 2.41. The van der Waals surface area contributed by atoms with E-state index in [2.05, 4.69) is 32.3 Å². The molecular formula is C12H21NO. The van der Waals surface area contributed by atoms with Crippen LogP contribution in [0.2, 0.25) is 0 Å². The Labute approximate surface area is 86.6 Å². The summed E-state index contributed by atoms with van der Waals surface area (Å²) in [5.41, 5.74) is 5.60. The largest absolute Gasteiger partial charge is 0.395 e. The standard InChI is InChI=1S/C12H21NO/c1-5-11-9(3)13(7-8-14)10(4)12(11)6-2/h14H,5-8H2,1-4H3. The van der Waals surface area contributed by atoms with Gasteiger partial charge >= 0.3 is 0 Å². The minimum atomic E-state index is 0.225. The van der Waals surface area contributed by atoms with Crippen molar-refractivity contribution in [2.75, 3.05) is 6.61 Å². The monoisotopic (exact) mass is 195 g/mol. The Morgan fingerprint density at radius 1 is 1.00 bits per heavy atom. The molecule has 2 nitrogen and oxygen atoms in total. The van der Waals surface area contributed by atoms with Crippen molar-refractivity contribution in [1.82, 2.24) is 4.57 Å². The molecule has 1 aromatic rings. The van der Waals surface area contributed by atoms with E-state index in [4.69, 9.17) is 5.11 Å². The van der Waals surface area contributed by atoms with Gasteiger partial charge in [0.15, 0.2) is 0 Å². The first-order valence-electron chi connectivity index (χ1n) is 5.45. The van der Waals surface area contributed by atoms with E-state index < -0.39 is 0 Å². The van der Waals surface area contributed by atoms with Crippen LogP contribution in [0.25, 0.3) is 0 Å². The number of aromatic nitrogens is 1. The third-order valence-electron chi connectivity index (χ3n) is 3.08. The van der Waals surface area contributed by atoms with Crippen LogP contribution >= 0.6 is 0 Å². The molecule has 0 bridgehead atoms. The summed E-state index contributed by atoms with van der Waals surface area (Å²) in [6, 6.07) is 0. The van der Waals surface area contributed by atoms with Gasteiger partial charge in [-0.3, -0.25) is 0 Å². The fourth-order valence-electron chi connectivity index (χ4n) is 2.39. The van der Waals surface area contributed by atoms with E-state index in [9.17, 15) is 0 Å². The summed E-state index contributed by atoms with van der Waals surface area (Å²) in [7, 11) is 0. The Morgan fingerprint density at radius 3 is 1.71 bits per heavy atom. The quantitative estimate of drug-likeness (QED) is 0.783. The van der Waals surface area contributed by atoms with E-state index >= 15 is 0 Å². The van der Waals surface area contributed by atoms with Crippen LogP contribution in [0.15, 0.2) is 0 Å². The zero-order valence-electron chi connectivity index (χ0n) is 9.72. The van der Waals surface area contributed by atoms with Crippen LogP contribution in [0.4, 0.5) is 0 Å². The fraction of sp³-hybridized carbons (Fsp3) is 0.667. The summed E-state index contributed by atoms with van der Waals surface area (Å²) in [4.78, 5) is 0. The third kappa shape index (κ3) is 1.71. The molecule has 1 heterocycles. The predicted octanol–water partition coefficient (Wildman–Crippen LogP) is 2.22. The van der Waals surface area contributed by atoms with Crippen molar-refractivity contribution < 1.29 is 5.11 Å². The maximum Gasteiger partial charge on any atom is 0.0610 e. The van der Waals surface area contributed by atoms with E-state index in [0.717, 1.165) is 19.4 Å². The molecular weight excluding hydrogens is 174 g/mol. The molecule has 14 heavy (non-hydrogen) atoms. The number of hydrogen-bond donors (Lipinski definition) is 1. The number of nitrogens with zero attached hydrogens (tertiary/aromatic N) is 1. The normalized spacial score (nSPS) is 10.9. The molecule has 0 saturated carbocycles. The van der Waals surface area contributed by atoms with Crippen molar-refractivity contribution >= 4 is 0 Å². The van der Waals surface area contributed by atoms with Crippen LogP contribution in [0.3, 0.4) is 0 Å². The lowest BCUT2D eigenvalue weighted by molar-refractivity contribution is 0.274. The number of aliphatic hydroxyl groups is 1. The fourth-order valence-corrected chi connectivity index (χ4v) is 2.39. The molecule has 0 fully saturated rings. The van der Waals surface area contributed by atoms with E-state index in [1.165, 1.54) is 22.5 Å². The van der Waals surface area contributed by atoms with Crippen LogP contribution in [0.1, 0.15) is 36.4 Å². The maximum atomic E-state index is 8.99. The maximum absolute atomic E-state index is 8.99. The Kier molecular flexibility index (Phi) is 3.76. The van der Waals surface area contributed by atoms with Gasteiger partial charge < -0.3 is 9.67 Å². The second-order valence-electron chi connectivity index (χ2n) is 3.71. The van der Waals surface area contributed by atoms with Gasteiger partial charge in [-0.1, -0.05) is 13.8 Å². The van der Waals surface area contributed by atoms with E-state index in [-0.39, 0.29) is 6.61 Å². The highest BCUT2D eigenvalue weighted by Gasteiger charge is 2.13. The van der Waals surface area contributed by atoms with Crippen molar-refractivity contribution in [2.45, 2.75) is 47.1 Å². The molecule has 0 unspecified atom stereocenters. The van der Waals surface area contributed by atoms with Crippen molar-refractivity contribution in [3.63, 3.8) is 0 Å². The molecule has 1 aromatic heterocycles. The molecule has 0 amide bonds. The van der Waals surface area contributed by atoms with Crippen LogP contribution in [-0.2, 0) is 19.4 Å². The van der Waals surface area contributed by atoms with Crippen LogP contribution in [-0.4, -0.2) is 16.3 Å². The third-order valence-corrected chi connectivity index (χ3v) is 3.08. The highest BCUT2D eigenvalue weighted by Crippen LogP contribution is 2.23. The summed E-state index contributed by atoms with van der Waals surface area (Å²) in [6.45, 7) is 9.66. The Balaban J connectivity index is 3.23. The number of aliphatic hydroxyl groups excluding tert-OH is 1. The second kappa shape index (κ2) is 4.65. The summed E-state index contributed by atoms with van der Waals surface area (Å²) < 4.78 is 2.23. The Morgan fingerprint density at radius 2 is 1.43 bits per heavy atom.